The molecule has 0 aliphatic heterocycles. The van der Waals surface area contributed by atoms with E-state index in [0.29, 0.717) is 11.3 Å². The predicted molar refractivity (Wildman–Crippen MR) is 76.2 cm³/mol. The molecule has 2 aromatic carbocycles. The number of hydrogen-bond acceptors (Lipinski definition) is 3. The van der Waals surface area contributed by atoms with Crippen molar-refractivity contribution in [2.24, 2.45) is 5.14 Å². The molecule has 0 spiro atoms. The lowest BCUT2D eigenvalue weighted by molar-refractivity contribution is 0.507. The van der Waals surface area contributed by atoms with E-state index in [4.69, 9.17) is 5.14 Å². The van der Waals surface area contributed by atoms with Gasteiger partial charge in [-0.25, -0.2) is 22.3 Å². The van der Waals surface area contributed by atoms with E-state index in [9.17, 15) is 17.2 Å². The Morgan fingerprint density at radius 1 is 1.10 bits per heavy atom. The Balaban J connectivity index is 2.21. The van der Waals surface area contributed by atoms with Crippen LogP contribution >= 0.6 is 0 Å². The fraction of sp³-hybridized carbons (Fsp3) is 0.143. The lowest BCUT2D eigenvalue weighted by atomic mass is 10.1. The van der Waals surface area contributed by atoms with E-state index in [2.05, 4.69) is 5.32 Å². The van der Waals surface area contributed by atoms with Crippen LogP contribution in [-0.4, -0.2) is 8.42 Å². The number of benzene rings is 2. The van der Waals surface area contributed by atoms with Gasteiger partial charge in [-0.05, 0) is 42.3 Å². The van der Waals surface area contributed by atoms with Crippen molar-refractivity contribution in [1.82, 2.24) is 0 Å². The molecule has 0 aromatic heterocycles. The number of hydrogen-bond donors (Lipinski definition) is 2. The van der Waals surface area contributed by atoms with Gasteiger partial charge < -0.3 is 5.32 Å². The first kappa shape index (κ1) is 15.4. The highest BCUT2D eigenvalue weighted by Crippen LogP contribution is 2.20. The van der Waals surface area contributed by atoms with Gasteiger partial charge in [0.05, 0.1) is 4.90 Å². The van der Waals surface area contributed by atoms with Crippen molar-refractivity contribution in [3.8, 4) is 0 Å². The Bertz CT molecular complexity index is 777. The molecule has 2 rings (SSSR count). The molecule has 0 saturated heterocycles. The first-order chi connectivity index (χ1) is 9.77. The minimum atomic E-state index is -3.79. The maximum atomic E-state index is 13.1. The first-order valence-electron chi connectivity index (χ1n) is 6.08. The highest BCUT2D eigenvalue weighted by atomic mass is 32.2. The van der Waals surface area contributed by atoms with Crippen LogP contribution in [-0.2, 0) is 16.6 Å². The summed E-state index contributed by atoms with van der Waals surface area (Å²) >= 11 is 0. The SMILES string of the molecule is Cc1ccc(S(N)(=O)=O)cc1NCc1ccc(F)c(F)c1. The third kappa shape index (κ3) is 3.77. The second kappa shape index (κ2) is 5.79. The third-order valence-corrected chi connectivity index (χ3v) is 3.92. The molecule has 0 bridgehead atoms. The van der Waals surface area contributed by atoms with Gasteiger partial charge in [-0.15, -0.1) is 0 Å². The summed E-state index contributed by atoms with van der Waals surface area (Å²) in [6.07, 6.45) is 0. The summed E-state index contributed by atoms with van der Waals surface area (Å²) in [4.78, 5) is -0.0131. The number of sulfonamides is 1. The second-order valence-electron chi connectivity index (χ2n) is 4.62. The minimum absolute atomic E-state index is 0.0131. The van der Waals surface area contributed by atoms with E-state index < -0.39 is 21.7 Å². The van der Waals surface area contributed by atoms with Crippen LogP contribution < -0.4 is 10.5 Å². The third-order valence-electron chi connectivity index (χ3n) is 3.00. The van der Waals surface area contributed by atoms with Gasteiger partial charge in [-0.3, -0.25) is 0 Å². The Labute approximate surface area is 121 Å². The van der Waals surface area contributed by atoms with E-state index in [1.165, 1.54) is 18.2 Å². The molecule has 0 radical (unpaired) electrons. The summed E-state index contributed by atoms with van der Waals surface area (Å²) in [6, 6.07) is 8.01. The van der Waals surface area contributed by atoms with E-state index in [0.717, 1.165) is 17.7 Å². The lowest BCUT2D eigenvalue weighted by Gasteiger charge is -2.11. The average molecular weight is 312 g/mol. The van der Waals surface area contributed by atoms with Crippen molar-refractivity contribution in [1.29, 1.82) is 0 Å². The molecule has 3 N–H and O–H groups in total. The molecule has 4 nitrogen and oxygen atoms in total. The molecule has 0 aliphatic rings. The molecule has 0 saturated carbocycles. The van der Waals surface area contributed by atoms with Gasteiger partial charge in [0.1, 0.15) is 0 Å². The fourth-order valence-corrected chi connectivity index (χ4v) is 2.36. The highest BCUT2D eigenvalue weighted by Gasteiger charge is 2.10. The van der Waals surface area contributed by atoms with E-state index >= 15 is 0 Å². The number of anilines is 1. The molecule has 0 unspecified atom stereocenters. The Morgan fingerprint density at radius 3 is 2.43 bits per heavy atom. The molecule has 2 aromatic rings. The number of rotatable bonds is 4. The maximum Gasteiger partial charge on any atom is 0.238 e. The van der Waals surface area contributed by atoms with Gasteiger partial charge in [-0.1, -0.05) is 12.1 Å². The maximum absolute atomic E-state index is 13.1. The number of primary sulfonamides is 1. The van der Waals surface area contributed by atoms with Crippen molar-refractivity contribution in [2.45, 2.75) is 18.4 Å². The van der Waals surface area contributed by atoms with Crippen LogP contribution in [0.25, 0.3) is 0 Å². The molecular weight excluding hydrogens is 298 g/mol. The van der Waals surface area contributed by atoms with Crippen molar-refractivity contribution in [3.63, 3.8) is 0 Å². The van der Waals surface area contributed by atoms with Crippen LogP contribution in [0.5, 0.6) is 0 Å². The van der Waals surface area contributed by atoms with Crippen LogP contribution in [0, 0.1) is 18.6 Å². The monoisotopic (exact) mass is 312 g/mol. The first-order valence-corrected chi connectivity index (χ1v) is 7.63. The molecule has 0 amide bonds. The topological polar surface area (TPSA) is 72.2 Å². The molecule has 7 heteroatoms. The summed E-state index contributed by atoms with van der Waals surface area (Å²) in [6.45, 7) is 2.02. The summed E-state index contributed by atoms with van der Waals surface area (Å²) in [5, 5.41) is 8.05. The fourth-order valence-electron chi connectivity index (χ4n) is 1.82. The minimum Gasteiger partial charge on any atom is -0.381 e. The smallest absolute Gasteiger partial charge is 0.238 e. The van der Waals surface area contributed by atoms with Crippen LogP contribution in [0.1, 0.15) is 11.1 Å². The number of nitrogens with two attached hydrogens (primary N) is 1. The van der Waals surface area contributed by atoms with Crippen LogP contribution in [0.15, 0.2) is 41.3 Å². The lowest BCUT2D eigenvalue weighted by Crippen LogP contribution is -2.13. The second-order valence-corrected chi connectivity index (χ2v) is 6.19. The summed E-state index contributed by atoms with van der Waals surface area (Å²) < 4.78 is 48.6. The standard InChI is InChI=1S/C14H14F2N2O2S/c1-9-2-4-11(21(17,19)20)7-14(9)18-8-10-3-5-12(15)13(16)6-10/h2-7,18H,8H2,1H3,(H2,17,19,20). The summed E-state index contributed by atoms with van der Waals surface area (Å²) in [5.74, 6) is -1.84. The van der Waals surface area contributed by atoms with Gasteiger partial charge in [0.2, 0.25) is 10.0 Å². The van der Waals surface area contributed by atoms with E-state index in [1.54, 1.807) is 13.0 Å². The van der Waals surface area contributed by atoms with Crippen LogP contribution in [0.3, 0.4) is 0 Å². The van der Waals surface area contributed by atoms with E-state index in [-0.39, 0.29) is 11.4 Å². The van der Waals surface area contributed by atoms with Crippen molar-refractivity contribution in [2.75, 3.05) is 5.32 Å². The van der Waals surface area contributed by atoms with Gasteiger partial charge in [0.15, 0.2) is 11.6 Å². The molecule has 0 heterocycles. The number of halogens is 2. The van der Waals surface area contributed by atoms with E-state index in [1.807, 2.05) is 0 Å². The van der Waals surface area contributed by atoms with Crippen molar-refractivity contribution < 1.29 is 17.2 Å². The van der Waals surface area contributed by atoms with Crippen molar-refractivity contribution >= 4 is 15.7 Å². The molecule has 0 fully saturated rings. The zero-order chi connectivity index (χ0) is 15.6. The zero-order valence-electron chi connectivity index (χ0n) is 11.2. The van der Waals surface area contributed by atoms with Gasteiger partial charge >= 0.3 is 0 Å². The van der Waals surface area contributed by atoms with Gasteiger partial charge in [0.25, 0.3) is 0 Å². The predicted octanol–water partition coefficient (Wildman–Crippen LogP) is 2.53. The zero-order valence-corrected chi connectivity index (χ0v) is 12.0. The summed E-state index contributed by atoms with van der Waals surface area (Å²) in [7, 11) is -3.79. The normalized spacial score (nSPS) is 11.4. The van der Waals surface area contributed by atoms with Crippen LogP contribution in [0.4, 0.5) is 14.5 Å². The molecule has 0 aliphatic carbocycles. The molecule has 0 atom stereocenters. The van der Waals surface area contributed by atoms with Gasteiger partial charge in [-0.2, -0.15) is 0 Å². The number of nitrogens with one attached hydrogen (secondary N) is 1. The van der Waals surface area contributed by atoms with Gasteiger partial charge in [0, 0.05) is 12.2 Å². The van der Waals surface area contributed by atoms with Crippen molar-refractivity contribution in [3.05, 3.63) is 59.2 Å². The number of aryl methyl sites for hydroxylation is 1. The molecular formula is C14H14F2N2O2S. The summed E-state index contributed by atoms with van der Waals surface area (Å²) in [5.41, 5.74) is 1.91. The quantitative estimate of drug-likeness (QED) is 0.911. The Kier molecular flexibility index (Phi) is 4.24. The Hall–Kier alpha value is -1.99. The molecule has 112 valence electrons. The Morgan fingerprint density at radius 2 is 1.81 bits per heavy atom. The van der Waals surface area contributed by atoms with Crippen LogP contribution in [0.2, 0.25) is 0 Å². The average Bonchev–Trinajstić information content (AvgIpc) is 2.40. The highest BCUT2D eigenvalue weighted by molar-refractivity contribution is 7.89. The molecule has 21 heavy (non-hydrogen) atoms. The largest absolute Gasteiger partial charge is 0.381 e.